The van der Waals surface area contributed by atoms with Crippen molar-refractivity contribution in [2.24, 2.45) is 0 Å². The zero-order chi connectivity index (χ0) is 20.4. The number of carbonyl (C=O) groups is 1. The summed E-state index contributed by atoms with van der Waals surface area (Å²) in [5.74, 6) is 0.607. The van der Waals surface area contributed by atoms with E-state index in [2.05, 4.69) is 17.2 Å². The van der Waals surface area contributed by atoms with Crippen LogP contribution in [0.15, 0.2) is 57.7 Å². The Labute approximate surface area is 166 Å². The number of hydrogen-bond donors (Lipinski definition) is 1. The second-order valence-electron chi connectivity index (χ2n) is 6.60. The highest BCUT2D eigenvalue weighted by Crippen LogP contribution is 2.25. The van der Waals surface area contributed by atoms with Gasteiger partial charge in [-0.1, -0.05) is 19.1 Å². The van der Waals surface area contributed by atoms with Crippen LogP contribution in [0.2, 0.25) is 0 Å². The number of hydrogen-bond acceptors (Lipinski definition) is 5. The average molecular weight is 391 g/mol. The van der Waals surface area contributed by atoms with Crippen molar-refractivity contribution in [1.82, 2.24) is 9.55 Å². The molecule has 0 fully saturated rings. The molecule has 2 aromatic carbocycles. The Hall–Kier alpha value is -3.61. The van der Waals surface area contributed by atoms with E-state index in [1.807, 2.05) is 35.8 Å². The molecule has 2 aromatic heterocycles. The SMILES string of the molecule is CCCn1c(NC(=O)c2cc(=O)oc3cc(OCC)ccc23)nc2ccccc21. The van der Waals surface area contributed by atoms with Gasteiger partial charge in [0.25, 0.3) is 5.91 Å². The summed E-state index contributed by atoms with van der Waals surface area (Å²) in [5, 5.41) is 3.39. The third-order valence-electron chi connectivity index (χ3n) is 4.60. The molecule has 4 aromatic rings. The van der Waals surface area contributed by atoms with Crippen molar-refractivity contribution < 1.29 is 13.9 Å². The third-order valence-corrected chi connectivity index (χ3v) is 4.60. The Morgan fingerprint density at radius 1 is 1.17 bits per heavy atom. The van der Waals surface area contributed by atoms with Gasteiger partial charge in [-0.15, -0.1) is 0 Å². The van der Waals surface area contributed by atoms with Gasteiger partial charge in [-0.25, -0.2) is 9.78 Å². The fourth-order valence-electron chi connectivity index (χ4n) is 3.38. The predicted molar refractivity (Wildman–Crippen MR) is 112 cm³/mol. The summed E-state index contributed by atoms with van der Waals surface area (Å²) in [4.78, 5) is 29.6. The number of aromatic nitrogens is 2. The second kappa shape index (κ2) is 7.79. The highest BCUT2D eigenvalue weighted by atomic mass is 16.5. The molecule has 1 amide bonds. The Morgan fingerprint density at radius 2 is 2.00 bits per heavy atom. The lowest BCUT2D eigenvalue weighted by atomic mass is 10.1. The monoisotopic (exact) mass is 391 g/mol. The van der Waals surface area contributed by atoms with E-state index >= 15 is 0 Å². The molecule has 1 N–H and O–H groups in total. The Bertz CT molecular complexity index is 1260. The van der Waals surface area contributed by atoms with Crippen LogP contribution in [0.1, 0.15) is 30.6 Å². The molecule has 0 spiro atoms. The number of anilines is 1. The molecular weight excluding hydrogens is 370 g/mol. The smallest absolute Gasteiger partial charge is 0.337 e. The van der Waals surface area contributed by atoms with E-state index in [9.17, 15) is 9.59 Å². The Morgan fingerprint density at radius 3 is 2.79 bits per heavy atom. The molecule has 0 saturated carbocycles. The molecule has 0 atom stereocenters. The molecule has 0 aliphatic rings. The summed E-state index contributed by atoms with van der Waals surface area (Å²) in [7, 11) is 0. The number of nitrogens with one attached hydrogen (secondary N) is 1. The number of para-hydroxylation sites is 2. The first-order valence-electron chi connectivity index (χ1n) is 9.58. The van der Waals surface area contributed by atoms with E-state index < -0.39 is 11.5 Å². The second-order valence-corrected chi connectivity index (χ2v) is 6.60. The molecule has 0 bridgehead atoms. The van der Waals surface area contributed by atoms with Gasteiger partial charge in [-0.3, -0.25) is 10.1 Å². The van der Waals surface area contributed by atoms with Crippen LogP contribution >= 0.6 is 0 Å². The Balaban J connectivity index is 1.76. The molecule has 0 radical (unpaired) electrons. The van der Waals surface area contributed by atoms with Gasteiger partial charge in [0.05, 0.1) is 23.2 Å². The van der Waals surface area contributed by atoms with Crippen LogP contribution in [-0.4, -0.2) is 22.1 Å². The van der Waals surface area contributed by atoms with Crippen LogP contribution in [0.25, 0.3) is 22.0 Å². The van der Waals surface area contributed by atoms with Crippen LogP contribution in [0.4, 0.5) is 5.95 Å². The minimum absolute atomic E-state index is 0.231. The van der Waals surface area contributed by atoms with Crippen LogP contribution in [0.5, 0.6) is 5.75 Å². The fourth-order valence-corrected chi connectivity index (χ4v) is 3.38. The lowest BCUT2D eigenvalue weighted by Gasteiger charge is -2.10. The molecule has 0 unspecified atom stereocenters. The van der Waals surface area contributed by atoms with Gasteiger partial charge < -0.3 is 13.7 Å². The van der Waals surface area contributed by atoms with E-state index in [0.29, 0.717) is 35.8 Å². The van der Waals surface area contributed by atoms with Crippen molar-refractivity contribution in [3.05, 3.63) is 64.5 Å². The zero-order valence-electron chi connectivity index (χ0n) is 16.3. The molecule has 0 aliphatic heterocycles. The van der Waals surface area contributed by atoms with E-state index in [4.69, 9.17) is 9.15 Å². The number of fused-ring (bicyclic) bond motifs is 2. The number of amides is 1. The highest BCUT2D eigenvalue weighted by Gasteiger charge is 2.18. The number of benzene rings is 2. The summed E-state index contributed by atoms with van der Waals surface area (Å²) in [5.41, 5.74) is 1.68. The standard InChI is InChI=1S/C22H21N3O4/c1-3-11-25-18-8-6-5-7-17(18)23-22(25)24-21(27)16-13-20(26)29-19-12-14(28-4-2)9-10-15(16)19/h5-10,12-13H,3-4,11H2,1-2H3,(H,23,24,27). The summed E-state index contributed by atoms with van der Waals surface area (Å²) in [6.45, 7) is 5.13. The first kappa shape index (κ1) is 18.7. The molecule has 7 nitrogen and oxygen atoms in total. The van der Waals surface area contributed by atoms with Gasteiger partial charge in [0.1, 0.15) is 11.3 Å². The number of nitrogens with zero attached hydrogens (tertiary/aromatic N) is 2. The van der Waals surface area contributed by atoms with Crippen molar-refractivity contribution in [3.63, 3.8) is 0 Å². The first-order chi connectivity index (χ1) is 14.1. The third kappa shape index (κ3) is 3.59. The van der Waals surface area contributed by atoms with Crippen LogP contribution in [-0.2, 0) is 6.54 Å². The van der Waals surface area contributed by atoms with Crippen LogP contribution in [0, 0.1) is 0 Å². The van der Waals surface area contributed by atoms with Crippen molar-refractivity contribution >= 4 is 33.9 Å². The van der Waals surface area contributed by atoms with Crippen molar-refractivity contribution in [2.45, 2.75) is 26.8 Å². The number of rotatable bonds is 6. The van der Waals surface area contributed by atoms with Gasteiger partial charge in [-0.2, -0.15) is 0 Å². The van der Waals surface area contributed by atoms with E-state index in [0.717, 1.165) is 17.5 Å². The summed E-state index contributed by atoms with van der Waals surface area (Å²) < 4.78 is 12.7. The zero-order valence-corrected chi connectivity index (χ0v) is 16.3. The van der Waals surface area contributed by atoms with E-state index in [1.165, 1.54) is 6.07 Å². The maximum atomic E-state index is 13.0. The van der Waals surface area contributed by atoms with Crippen LogP contribution in [0.3, 0.4) is 0 Å². The molecule has 148 valence electrons. The lowest BCUT2D eigenvalue weighted by Crippen LogP contribution is -2.18. The summed E-state index contributed by atoms with van der Waals surface area (Å²) in [6, 6.07) is 14.0. The van der Waals surface area contributed by atoms with Gasteiger partial charge in [0.2, 0.25) is 5.95 Å². The van der Waals surface area contributed by atoms with Crippen LogP contribution < -0.4 is 15.7 Å². The van der Waals surface area contributed by atoms with E-state index in [1.54, 1.807) is 18.2 Å². The molecular formula is C22H21N3O4. The van der Waals surface area contributed by atoms with Gasteiger partial charge >= 0.3 is 5.63 Å². The lowest BCUT2D eigenvalue weighted by molar-refractivity contribution is 0.102. The van der Waals surface area contributed by atoms with Gasteiger partial charge in [0, 0.05) is 24.1 Å². The minimum atomic E-state index is -0.599. The number of aryl methyl sites for hydroxylation is 1. The van der Waals surface area contributed by atoms with Gasteiger partial charge in [-0.05, 0) is 37.6 Å². The quantitative estimate of drug-likeness (QED) is 0.498. The highest BCUT2D eigenvalue weighted by molar-refractivity contribution is 6.11. The number of ether oxygens (including phenoxy) is 1. The van der Waals surface area contributed by atoms with E-state index in [-0.39, 0.29) is 5.56 Å². The normalized spacial score (nSPS) is 11.1. The molecule has 0 aliphatic carbocycles. The largest absolute Gasteiger partial charge is 0.494 e. The van der Waals surface area contributed by atoms with Crippen molar-refractivity contribution in [1.29, 1.82) is 0 Å². The maximum absolute atomic E-state index is 13.0. The summed E-state index contributed by atoms with van der Waals surface area (Å²) in [6.07, 6.45) is 0.890. The molecule has 4 rings (SSSR count). The molecule has 29 heavy (non-hydrogen) atoms. The summed E-state index contributed by atoms with van der Waals surface area (Å²) >= 11 is 0. The Kier molecular flexibility index (Phi) is 5.03. The fraction of sp³-hybridized carbons (Fsp3) is 0.227. The first-order valence-corrected chi connectivity index (χ1v) is 9.58. The van der Waals surface area contributed by atoms with Crippen molar-refractivity contribution in [3.8, 4) is 5.75 Å². The average Bonchev–Trinajstić information content (AvgIpc) is 3.05. The predicted octanol–water partition coefficient (Wildman–Crippen LogP) is 4.20. The molecule has 2 heterocycles. The molecule has 0 saturated heterocycles. The number of imidazole rings is 1. The molecule has 7 heteroatoms. The maximum Gasteiger partial charge on any atom is 0.337 e. The van der Waals surface area contributed by atoms with Gasteiger partial charge in [0.15, 0.2) is 0 Å². The minimum Gasteiger partial charge on any atom is -0.494 e. The number of carbonyl (C=O) groups excluding carboxylic acids is 1. The topological polar surface area (TPSA) is 86.4 Å². The van der Waals surface area contributed by atoms with Crippen molar-refractivity contribution in [2.75, 3.05) is 11.9 Å².